The molecule has 0 atom stereocenters. The van der Waals surface area contributed by atoms with Gasteiger partial charge in [-0.25, -0.2) is 0 Å². The van der Waals surface area contributed by atoms with E-state index in [1.54, 1.807) is 12.3 Å². The third kappa shape index (κ3) is 3.01. The number of aromatic nitrogens is 5. The Bertz CT molecular complexity index is 857. The number of aromatic amines is 1. The summed E-state index contributed by atoms with van der Waals surface area (Å²) in [6.45, 7) is 5.19. The van der Waals surface area contributed by atoms with Gasteiger partial charge in [0.15, 0.2) is 22.8 Å². The Labute approximate surface area is 132 Å². The molecule has 3 aromatic rings. The maximum absolute atomic E-state index is 12.2. The minimum atomic E-state index is -0.0756. The number of tetrazole rings is 1. The van der Waals surface area contributed by atoms with Gasteiger partial charge in [0.25, 0.3) is 0 Å². The van der Waals surface area contributed by atoms with Crippen molar-refractivity contribution in [1.29, 1.82) is 0 Å². The summed E-state index contributed by atoms with van der Waals surface area (Å²) in [5.74, 6) is 1.70. The molecule has 0 saturated carbocycles. The van der Waals surface area contributed by atoms with E-state index < -0.39 is 0 Å². The van der Waals surface area contributed by atoms with Crippen LogP contribution in [0.15, 0.2) is 29.2 Å². The number of rotatable bonds is 6. The van der Waals surface area contributed by atoms with Gasteiger partial charge in [-0.1, -0.05) is 5.21 Å². The highest BCUT2D eigenvalue weighted by atomic mass is 16.5. The van der Waals surface area contributed by atoms with Crippen molar-refractivity contribution < 1.29 is 9.47 Å². The zero-order valence-electron chi connectivity index (χ0n) is 12.9. The third-order valence-corrected chi connectivity index (χ3v) is 3.34. The van der Waals surface area contributed by atoms with Crippen LogP contribution in [0.25, 0.3) is 10.9 Å². The van der Waals surface area contributed by atoms with Gasteiger partial charge in [-0.2, -0.15) is 5.21 Å². The van der Waals surface area contributed by atoms with Gasteiger partial charge in [0.1, 0.15) is 0 Å². The van der Waals surface area contributed by atoms with Crippen LogP contribution in [0.1, 0.15) is 19.7 Å². The average molecular weight is 315 g/mol. The van der Waals surface area contributed by atoms with E-state index in [1.807, 2.05) is 24.5 Å². The Morgan fingerprint density at radius 3 is 2.57 bits per heavy atom. The molecule has 0 aliphatic carbocycles. The molecular formula is C15H17N5O3. The summed E-state index contributed by atoms with van der Waals surface area (Å²) in [4.78, 5) is 12.2. The van der Waals surface area contributed by atoms with E-state index >= 15 is 0 Å². The molecule has 0 amide bonds. The fourth-order valence-electron chi connectivity index (χ4n) is 2.39. The number of hydrogen-bond donors (Lipinski definition) is 1. The summed E-state index contributed by atoms with van der Waals surface area (Å²) in [6, 6.07) is 5.04. The highest BCUT2D eigenvalue weighted by molar-refractivity contribution is 5.83. The Balaban J connectivity index is 2.16. The van der Waals surface area contributed by atoms with Crippen molar-refractivity contribution >= 4 is 10.9 Å². The molecule has 120 valence electrons. The van der Waals surface area contributed by atoms with Gasteiger partial charge in [0.05, 0.1) is 25.3 Å². The second kappa shape index (κ2) is 6.47. The lowest BCUT2D eigenvalue weighted by Gasteiger charge is -2.14. The molecule has 0 spiro atoms. The van der Waals surface area contributed by atoms with Crippen LogP contribution in [0.3, 0.4) is 0 Å². The summed E-state index contributed by atoms with van der Waals surface area (Å²) >= 11 is 0. The van der Waals surface area contributed by atoms with Crippen LogP contribution in [-0.2, 0) is 6.54 Å². The molecule has 8 heteroatoms. The molecule has 0 aliphatic rings. The maximum Gasteiger partial charge on any atom is 0.194 e. The zero-order chi connectivity index (χ0) is 16.2. The Morgan fingerprint density at radius 1 is 1.17 bits per heavy atom. The van der Waals surface area contributed by atoms with E-state index in [9.17, 15) is 4.79 Å². The first-order valence-corrected chi connectivity index (χ1v) is 7.38. The molecule has 0 radical (unpaired) electrons. The lowest BCUT2D eigenvalue weighted by atomic mass is 10.1. The van der Waals surface area contributed by atoms with Crippen molar-refractivity contribution in [3.63, 3.8) is 0 Å². The maximum atomic E-state index is 12.2. The Kier molecular flexibility index (Phi) is 4.22. The number of benzene rings is 1. The van der Waals surface area contributed by atoms with Crippen LogP contribution >= 0.6 is 0 Å². The van der Waals surface area contributed by atoms with E-state index in [2.05, 4.69) is 20.6 Å². The lowest BCUT2D eigenvalue weighted by Crippen LogP contribution is -2.11. The molecule has 2 heterocycles. The molecule has 0 fully saturated rings. The smallest absolute Gasteiger partial charge is 0.194 e. The summed E-state index contributed by atoms with van der Waals surface area (Å²) in [5.41, 5.74) is 0.655. The molecule has 2 aromatic heterocycles. The molecule has 0 unspecified atom stereocenters. The summed E-state index contributed by atoms with van der Waals surface area (Å²) in [7, 11) is 0. The molecule has 0 saturated heterocycles. The van der Waals surface area contributed by atoms with Gasteiger partial charge in [-0.15, -0.1) is 10.2 Å². The molecule has 0 bridgehead atoms. The first kappa shape index (κ1) is 15.0. The molecule has 23 heavy (non-hydrogen) atoms. The van der Waals surface area contributed by atoms with Crippen molar-refractivity contribution in [3.05, 3.63) is 40.4 Å². The summed E-state index contributed by atoms with van der Waals surface area (Å²) in [5, 5.41) is 14.4. The number of pyridine rings is 1. The summed E-state index contributed by atoms with van der Waals surface area (Å²) < 4.78 is 13.1. The second-order valence-electron chi connectivity index (χ2n) is 4.82. The third-order valence-electron chi connectivity index (χ3n) is 3.34. The predicted octanol–water partition coefficient (Wildman–Crippen LogP) is 1.36. The van der Waals surface area contributed by atoms with E-state index in [-0.39, 0.29) is 5.43 Å². The number of ether oxygens (including phenoxy) is 2. The molecule has 1 aromatic carbocycles. The fraction of sp³-hybridized carbons (Fsp3) is 0.333. The van der Waals surface area contributed by atoms with Gasteiger partial charge in [0.2, 0.25) is 0 Å². The highest BCUT2D eigenvalue weighted by Crippen LogP contribution is 2.31. The van der Waals surface area contributed by atoms with Crippen molar-refractivity contribution in [2.24, 2.45) is 0 Å². The minimum Gasteiger partial charge on any atom is -0.490 e. The van der Waals surface area contributed by atoms with Crippen molar-refractivity contribution in [3.8, 4) is 11.5 Å². The second-order valence-corrected chi connectivity index (χ2v) is 4.82. The van der Waals surface area contributed by atoms with Crippen LogP contribution in [0.2, 0.25) is 0 Å². The molecule has 1 N–H and O–H groups in total. The van der Waals surface area contributed by atoms with Crippen molar-refractivity contribution in [2.45, 2.75) is 20.4 Å². The Hall–Kier alpha value is -2.90. The first-order chi connectivity index (χ1) is 11.2. The minimum absolute atomic E-state index is 0.0756. The number of H-pyrrole nitrogens is 1. The van der Waals surface area contributed by atoms with E-state index in [0.717, 1.165) is 5.52 Å². The SMILES string of the molecule is CCOc1cc2c(=O)ccn(Cc3nn[nH]n3)c2cc1OCC. The van der Waals surface area contributed by atoms with Gasteiger partial charge in [0, 0.05) is 23.7 Å². The molecule has 3 rings (SSSR count). The normalized spacial score (nSPS) is 10.9. The van der Waals surface area contributed by atoms with E-state index in [0.29, 0.717) is 42.5 Å². The standard InChI is InChI=1S/C15H17N5O3/c1-3-22-13-7-10-11(8-14(13)23-4-2)20(6-5-12(10)21)9-15-16-18-19-17-15/h5-8H,3-4,9H2,1-2H3,(H,16,17,18,19). The van der Waals surface area contributed by atoms with Gasteiger partial charge in [-0.05, 0) is 19.9 Å². The van der Waals surface area contributed by atoms with E-state index in [1.165, 1.54) is 6.07 Å². The topological polar surface area (TPSA) is 94.9 Å². The first-order valence-electron chi connectivity index (χ1n) is 7.38. The molecule has 8 nitrogen and oxygen atoms in total. The number of nitrogens with zero attached hydrogens (tertiary/aromatic N) is 4. The zero-order valence-corrected chi connectivity index (χ0v) is 12.9. The highest BCUT2D eigenvalue weighted by Gasteiger charge is 2.12. The van der Waals surface area contributed by atoms with Crippen molar-refractivity contribution in [2.75, 3.05) is 13.2 Å². The van der Waals surface area contributed by atoms with Crippen LogP contribution in [-0.4, -0.2) is 38.4 Å². The van der Waals surface area contributed by atoms with Crippen LogP contribution in [0.5, 0.6) is 11.5 Å². The van der Waals surface area contributed by atoms with Crippen LogP contribution in [0.4, 0.5) is 0 Å². The lowest BCUT2D eigenvalue weighted by molar-refractivity contribution is 0.288. The fourth-order valence-corrected chi connectivity index (χ4v) is 2.39. The quantitative estimate of drug-likeness (QED) is 0.738. The largest absolute Gasteiger partial charge is 0.490 e. The predicted molar refractivity (Wildman–Crippen MR) is 83.8 cm³/mol. The Morgan fingerprint density at radius 2 is 1.91 bits per heavy atom. The number of hydrogen-bond acceptors (Lipinski definition) is 6. The van der Waals surface area contributed by atoms with E-state index in [4.69, 9.17) is 9.47 Å². The number of nitrogens with one attached hydrogen (secondary N) is 1. The van der Waals surface area contributed by atoms with Gasteiger partial charge in [-0.3, -0.25) is 4.79 Å². The monoisotopic (exact) mass is 315 g/mol. The summed E-state index contributed by atoms with van der Waals surface area (Å²) in [6.07, 6.45) is 1.71. The number of fused-ring (bicyclic) bond motifs is 1. The van der Waals surface area contributed by atoms with Crippen molar-refractivity contribution in [1.82, 2.24) is 25.2 Å². The van der Waals surface area contributed by atoms with Crippen LogP contribution in [0, 0.1) is 0 Å². The van der Waals surface area contributed by atoms with Gasteiger partial charge < -0.3 is 14.0 Å². The van der Waals surface area contributed by atoms with Gasteiger partial charge >= 0.3 is 0 Å². The average Bonchev–Trinajstić information content (AvgIpc) is 3.05. The van der Waals surface area contributed by atoms with Crippen LogP contribution < -0.4 is 14.9 Å². The molecular weight excluding hydrogens is 298 g/mol. The molecule has 0 aliphatic heterocycles.